The number of nitrogens with zero attached hydrogens (tertiary/aromatic N) is 3. The zero-order valence-corrected chi connectivity index (χ0v) is 11.1. The molecule has 0 saturated carbocycles. The van der Waals surface area contributed by atoms with Crippen LogP contribution in [0.4, 0.5) is 5.82 Å². The Balaban J connectivity index is 2.60. The van der Waals surface area contributed by atoms with E-state index in [1.807, 2.05) is 0 Å². The molecular weight excluding hydrogens is 230 g/mol. The number of nitrogens with two attached hydrogens (primary N) is 2. The Labute approximate surface area is 107 Å². The number of nitrogen functional groups attached to an aromatic ring is 1. The minimum absolute atomic E-state index is 0.0828. The van der Waals surface area contributed by atoms with Crippen LogP contribution in [-0.4, -0.2) is 40.4 Å². The largest absolute Gasteiger partial charge is 0.382 e. The van der Waals surface area contributed by atoms with Crippen LogP contribution < -0.4 is 11.5 Å². The van der Waals surface area contributed by atoms with Crippen molar-refractivity contribution in [2.45, 2.75) is 26.3 Å². The summed E-state index contributed by atoms with van der Waals surface area (Å²) in [6.45, 7) is 4.70. The highest BCUT2D eigenvalue weighted by Crippen LogP contribution is 2.08. The smallest absolute Gasteiger partial charge is 0.276 e. The summed E-state index contributed by atoms with van der Waals surface area (Å²) in [6.07, 6.45) is 3.66. The van der Waals surface area contributed by atoms with Crippen molar-refractivity contribution >= 4 is 11.7 Å². The molecule has 1 atom stereocenters. The van der Waals surface area contributed by atoms with Crippen LogP contribution in [0.25, 0.3) is 0 Å². The number of rotatable bonds is 5. The van der Waals surface area contributed by atoms with Gasteiger partial charge in [0.25, 0.3) is 5.91 Å². The van der Waals surface area contributed by atoms with Gasteiger partial charge < -0.3 is 16.4 Å². The zero-order valence-electron chi connectivity index (χ0n) is 11.1. The van der Waals surface area contributed by atoms with E-state index in [0.717, 1.165) is 6.42 Å². The molecule has 0 aliphatic rings. The second-order valence-electron chi connectivity index (χ2n) is 4.71. The molecule has 1 heterocycles. The van der Waals surface area contributed by atoms with Crippen molar-refractivity contribution in [3.05, 3.63) is 18.1 Å². The van der Waals surface area contributed by atoms with E-state index in [2.05, 4.69) is 23.8 Å². The second kappa shape index (κ2) is 6.30. The van der Waals surface area contributed by atoms with Gasteiger partial charge in [-0.15, -0.1) is 0 Å². The minimum Gasteiger partial charge on any atom is -0.382 e. The van der Waals surface area contributed by atoms with Gasteiger partial charge in [0.15, 0.2) is 11.5 Å². The number of hydrogen-bond donors (Lipinski definition) is 2. The fourth-order valence-corrected chi connectivity index (χ4v) is 1.47. The van der Waals surface area contributed by atoms with E-state index in [1.54, 1.807) is 11.9 Å². The lowest BCUT2D eigenvalue weighted by molar-refractivity contribution is 0.0784. The molecule has 1 aromatic heterocycles. The third-order valence-electron chi connectivity index (χ3n) is 2.93. The molecule has 0 aliphatic carbocycles. The average molecular weight is 251 g/mol. The first-order chi connectivity index (χ1) is 8.43. The number of anilines is 1. The molecule has 6 nitrogen and oxygen atoms in total. The summed E-state index contributed by atoms with van der Waals surface area (Å²) < 4.78 is 0. The molecule has 0 aromatic carbocycles. The van der Waals surface area contributed by atoms with Crippen LogP contribution in [0.15, 0.2) is 12.4 Å². The van der Waals surface area contributed by atoms with Gasteiger partial charge >= 0.3 is 0 Å². The van der Waals surface area contributed by atoms with Gasteiger partial charge in [-0.1, -0.05) is 13.8 Å². The Morgan fingerprint density at radius 1 is 1.39 bits per heavy atom. The van der Waals surface area contributed by atoms with E-state index in [0.29, 0.717) is 12.5 Å². The van der Waals surface area contributed by atoms with Gasteiger partial charge in [-0.3, -0.25) is 4.79 Å². The summed E-state index contributed by atoms with van der Waals surface area (Å²) in [5, 5.41) is 0. The van der Waals surface area contributed by atoms with Gasteiger partial charge in [0.2, 0.25) is 0 Å². The van der Waals surface area contributed by atoms with E-state index < -0.39 is 0 Å². The van der Waals surface area contributed by atoms with Crippen LogP contribution in [0.1, 0.15) is 30.8 Å². The number of hydrogen-bond acceptors (Lipinski definition) is 5. The number of carbonyl (C=O) groups excluding carboxylic acids is 1. The lowest BCUT2D eigenvalue weighted by atomic mass is 10.0. The van der Waals surface area contributed by atoms with Crippen molar-refractivity contribution in [2.75, 3.05) is 19.3 Å². The monoisotopic (exact) mass is 251 g/mol. The third-order valence-corrected chi connectivity index (χ3v) is 2.93. The van der Waals surface area contributed by atoms with Gasteiger partial charge in [0, 0.05) is 32.0 Å². The van der Waals surface area contributed by atoms with Gasteiger partial charge in [0.05, 0.1) is 0 Å². The molecule has 1 unspecified atom stereocenters. The van der Waals surface area contributed by atoms with Gasteiger partial charge in [-0.2, -0.15) is 0 Å². The molecule has 0 fully saturated rings. The molecule has 1 rings (SSSR count). The summed E-state index contributed by atoms with van der Waals surface area (Å²) in [5.74, 6) is 0.328. The molecule has 0 aliphatic heterocycles. The first kappa shape index (κ1) is 14.4. The molecule has 1 amide bonds. The highest BCUT2D eigenvalue weighted by Gasteiger charge is 2.18. The Hall–Kier alpha value is -1.69. The summed E-state index contributed by atoms with van der Waals surface area (Å²) in [5.41, 5.74) is 11.8. The van der Waals surface area contributed by atoms with Gasteiger partial charge in [-0.05, 0) is 12.3 Å². The fourth-order valence-electron chi connectivity index (χ4n) is 1.47. The highest BCUT2D eigenvalue weighted by molar-refractivity contribution is 5.96. The van der Waals surface area contributed by atoms with E-state index >= 15 is 0 Å². The van der Waals surface area contributed by atoms with E-state index in [-0.39, 0.29) is 23.5 Å². The second-order valence-corrected chi connectivity index (χ2v) is 4.71. The molecule has 0 radical (unpaired) electrons. The minimum atomic E-state index is -0.225. The summed E-state index contributed by atoms with van der Waals surface area (Å²) in [4.78, 5) is 21.4. The molecule has 0 saturated heterocycles. The SMILES string of the molecule is CC(C)C(N)CCN(C)C(=O)c1nccnc1N. The van der Waals surface area contributed by atoms with Crippen molar-refractivity contribution in [1.29, 1.82) is 0 Å². The predicted molar refractivity (Wildman–Crippen MR) is 70.8 cm³/mol. The molecule has 4 N–H and O–H groups in total. The maximum atomic E-state index is 12.1. The van der Waals surface area contributed by atoms with Gasteiger partial charge in [-0.25, -0.2) is 9.97 Å². The van der Waals surface area contributed by atoms with Crippen LogP contribution in [0, 0.1) is 5.92 Å². The first-order valence-corrected chi connectivity index (χ1v) is 6.01. The Morgan fingerprint density at radius 3 is 2.56 bits per heavy atom. The van der Waals surface area contributed by atoms with Crippen LogP contribution in [-0.2, 0) is 0 Å². The van der Waals surface area contributed by atoms with Crippen molar-refractivity contribution in [3.63, 3.8) is 0 Å². The van der Waals surface area contributed by atoms with Crippen LogP contribution >= 0.6 is 0 Å². The quantitative estimate of drug-likeness (QED) is 0.794. The van der Waals surface area contributed by atoms with Gasteiger partial charge in [0.1, 0.15) is 0 Å². The third kappa shape index (κ3) is 3.66. The first-order valence-electron chi connectivity index (χ1n) is 6.01. The normalized spacial score (nSPS) is 12.5. The Bertz CT molecular complexity index is 407. The molecule has 0 spiro atoms. The fraction of sp³-hybridized carbons (Fsp3) is 0.583. The van der Waals surface area contributed by atoms with E-state index in [9.17, 15) is 4.79 Å². The van der Waals surface area contributed by atoms with Crippen molar-refractivity contribution in [3.8, 4) is 0 Å². The van der Waals surface area contributed by atoms with E-state index in [4.69, 9.17) is 11.5 Å². The summed E-state index contributed by atoms with van der Waals surface area (Å²) in [6, 6.07) is 0.0828. The van der Waals surface area contributed by atoms with Crippen molar-refractivity contribution in [2.24, 2.45) is 11.7 Å². The lowest BCUT2D eigenvalue weighted by Gasteiger charge is -2.21. The van der Waals surface area contributed by atoms with E-state index in [1.165, 1.54) is 12.4 Å². The Morgan fingerprint density at radius 2 is 2.00 bits per heavy atom. The average Bonchev–Trinajstić information content (AvgIpc) is 2.35. The highest BCUT2D eigenvalue weighted by atomic mass is 16.2. The zero-order chi connectivity index (χ0) is 13.7. The Kier molecular flexibility index (Phi) is 5.03. The van der Waals surface area contributed by atoms with Crippen molar-refractivity contribution < 1.29 is 4.79 Å². The number of carbonyl (C=O) groups is 1. The number of aromatic nitrogens is 2. The summed E-state index contributed by atoms with van der Waals surface area (Å²) in [7, 11) is 1.71. The van der Waals surface area contributed by atoms with Crippen molar-refractivity contribution in [1.82, 2.24) is 14.9 Å². The van der Waals surface area contributed by atoms with Crippen LogP contribution in [0.3, 0.4) is 0 Å². The lowest BCUT2D eigenvalue weighted by Crippen LogP contribution is -2.35. The molecule has 1 aromatic rings. The van der Waals surface area contributed by atoms with Crippen LogP contribution in [0.5, 0.6) is 0 Å². The molecule has 100 valence electrons. The predicted octanol–water partition coefficient (Wildman–Crippen LogP) is 0.504. The number of amides is 1. The molecule has 18 heavy (non-hydrogen) atoms. The molecule has 0 bridgehead atoms. The maximum absolute atomic E-state index is 12.1. The van der Waals surface area contributed by atoms with Crippen LogP contribution in [0.2, 0.25) is 0 Å². The molecular formula is C12H21N5O. The standard InChI is InChI=1S/C12H21N5O/c1-8(2)9(13)4-7-17(3)12(18)10-11(14)16-6-5-15-10/h5-6,8-9H,4,7,13H2,1-3H3,(H2,14,16). The summed E-state index contributed by atoms with van der Waals surface area (Å²) >= 11 is 0. The molecule has 6 heteroatoms. The topological polar surface area (TPSA) is 98.1 Å². The maximum Gasteiger partial charge on any atom is 0.276 e.